The van der Waals surface area contributed by atoms with Crippen molar-refractivity contribution < 1.29 is 13.9 Å². The van der Waals surface area contributed by atoms with Crippen LogP contribution in [0.25, 0.3) is 0 Å². The van der Waals surface area contributed by atoms with E-state index in [1.807, 2.05) is 0 Å². The maximum Gasteiger partial charge on any atom is 0.255 e. The van der Waals surface area contributed by atoms with Gasteiger partial charge in [-0.2, -0.15) is 0 Å². The first-order valence-corrected chi connectivity index (χ1v) is 6.78. The zero-order chi connectivity index (χ0) is 14.7. The maximum atomic E-state index is 13.5. The predicted molar refractivity (Wildman–Crippen MR) is 80.1 cm³/mol. The fourth-order valence-electron chi connectivity index (χ4n) is 1.58. The number of carbonyl (C=O) groups is 1. The van der Waals surface area contributed by atoms with E-state index in [9.17, 15) is 9.18 Å². The Labute approximate surface area is 128 Å². The molecule has 0 aromatic heterocycles. The quantitative estimate of drug-likeness (QED) is 0.877. The van der Waals surface area contributed by atoms with Crippen LogP contribution >= 0.6 is 27.5 Å². The van der Waals surface area contributed by atoms with E-state index in [0.717, 1.165) is 6.07 Å². The van der Waals surface area contributed by atoms with Crippen LogP contribution in [0.15, 0.2) is 40.9 Å². The molecule has 0 atom stereocenters. The predicted octanol–water partition coefficient (Wildman–Crippen LogP) is 4.50. The van der Waals surface area contributed by atoms with Gasteiger partial charge in [-0.15, -0.1) is 0 Å². The van der Waals surface area contributed by atoms with Gasteiger partial charge in [0.2, 0.25) is 0 Å². The van der Waals surface area contributed by atoms with E-state index in [1.165, 1.54) is 19.2 Å². The highest BCUT2D eigenvalue weighted by atomic mass is 79.9. The Hall–Kier alpha value is -1.59. The third kappa shape index (κ3) is 3.29. The van der Waals surface area contributed by atoms with Crippen LogP contribution in [-0.2, 0) is 0 Å². The van der Waals surface area contributed by atoms with Gasteiger partial charge < -0.3 is 10.1 Å². The molecule has 104 valence electrons. The molecule has 6 heteroatoms. The van der Waals surface area contributed by atoms with Crippen molar-refractivity contribution in [1.82, 2.24) is 0 Å². The minimum Gasteiger partial charge on any atom is -0.494 e. The normalized spacial score (nSPS) is 10.2. The van der Waals surface area contributed by atoms with Gasteiger partial charge in [-0.05, 0) is 52.3 Å². The van der Waals surface area contributed by atoms with Crippen LogP contribution in [0, 0.1) is 5.82 Å². The van der Waals surface area contributed by atoms with Crippen LogP contribution in [0.3, 0.4) is 0 Å². The summed E-state index contributed by atoms with van der Waals surface area (Å²) in [5, 5.41) is 3.20. The van der Waals surface area contributed by atoms with Gasteiger partial charge in [0.05, 0.1) is 12.1 Å². The van der Waals surface area contributed by atoms with Crippen LogP contribution < -0.4 is 10.1 Å². The van der Waals surface area contributed by atoms with Crippen molar-refractivity contribution >= 4 is 39.1 Å². The summed E-state index contributed by atoms with van der Waals surface area (Å²) in [6, 6.07) is 8.99. The molecule has 0 fully saturated rings. The topological polar surface area (TPSA) is 38.3 Å². The van der Waals surface area contributed by atoms with E-state index in [2.05, 4.69) is 21.2 Å². The Morgan fingerprint density at radius 2 is 2.05 bits per heavy atom. The average Bonchev–Trinajstić information content (AvgIpc) is 2.42. The van der Waals surface area contributed by atoms with Gasteiger partial charge >= 0.3 is 0 Å². The molecule has 3 nitrogen and oxygen atoms in total. The minimum atomic E-state index is -0.586. The Morgan fingerprint density at radius 3 is 2.65 bits per heavy atom. The van der Waals surface area contributed by atoms with E-state index in [1.54, 1.807) is 18.2 Å². The number of nitrogens with one attached hydrogen (secondary N) is 1. The fourth-order valence-corrected chi connectivity index (χ4v) is 2.08. The summed E-state index contributed by atoms with van der Waals surface area (Å²) in [5.74, 6) is -0.908. The SMILES string of the molecule is COc1ccc(C(=O)Nc2ccc(Cl)c(Br)c2)cc1F. The second kappa shape index (κ2) is 6.24. The third-order valence-electron chi connectivity index (χ3n) is 2.59. The number of methoxy groups -OCH3 is 1. The molecule has 0 saturated carbocycles. The largest absolute Gasteiger partial charge is 0.494 e. The Balaban J connectivity index is 2.19. The molecule has 0 bridgehead atoms. The molecule has 0 aliphatic heterocycles. The van der Waals surface area contributed by atoms with Crippen LogP contribution in [0.5, 0.6) is 5.75 Å². The number of benzene rings is 2. The summed E-state index contributed by atoms with van der Waals surface area (Å²) >= 11 is 9.13. The number of ether oxygens (including phenoxy) is 1. The standard InChI is InChI=1S/C14H10BrClFNO2/c1-20-13-5-2-8(6-12(13)17)14(19)18-9-3-4-11(16)10(15)7-9/h2-7H,1H3,(H,18,19). The van der Waals surface area contributed by atoms with Crippen LogP contribution in [-0.4, -0.2) is 13.0 Å². The molecule has 0 unspecified atom stereocenters. The van der Waals surface area contributed by atoms with Crippen molar-refractivity contribution in [2.24, 2.45) is 0 Å². The molecular weight excluding hydrogens is 349 g/mol. The molecule has 20 heavy (non-hydrogen) atoms. The Morgan fingerprint density at radius 1 is 1.30 bits per heavy atom. The lowest BCUT2D eigenvalue weighted by atomic mass is 10.2. The first-order valence-electron chi connectivity index (χ1n) is 5.61. The number of anilines is 1. The fraction of sp³-hybridized carbons (Fsp3) is 0.0714. The van der Waals surface area contributed by atoms with E-state index in [0.29, 0.717) is 15.2 Å². The van der Waals surface area contributed by atoms with E-state index >= 15 is 0 Å². The summed E-state index contributed by atoms with van der Waals surface area (Å²) in [4.78, 5) is 12.0. The number of carbonyl (C=O) groups excluding carboxylic acids is 1. The molecule has 2 aromatic rings. The molecule has 0 spiro atoms. The van der Waals surface area contributed by atoms with Gasteiger partial charge in [-0.25, -0.2) is 4.39 Å². The van der Waals surface area contributed by atoms with Gasteiger partial charge in [-0.3, -0.25) is 4.79 Å². The van der Waals surface area contributed by atoms with Crippen LogP contribution in [0.2, 0.25) is 5.02 Å². The lowest BCUT2D eigenvalue weighted by Crippen LogP contribution is -2.12. The molecule has 1 N–H and O–H groups in total. The van der Waals surface area contributed by atoms with Crippen molar-refractivity contribution in [3.05, 3.63) is 57.3 Å². The molecule has 0 saturated heterocycles. The van der Waals surface area contributed by atoms with Crippen molar-refractivity contribution in [3.63, 3.8) is 0 Å². The summed E-state index contributed by atoms with van der Waals surface area (Å²) in [5.41, 5.74) is 0.761. The highest BCUT2D eigenvalue weighted by Crippen LogP contribution is 2.26. The van der Waals surface area contributed by atoms with Gasteiger partial charge in [0.1, 0.15) is 0 Å². The Bertz CT molecular complexity index is 664. The summed E-state index contributed by atoms with van der Waals surface area (Å²) in [6.07, 6.45) is 0. The van der Waals surface area contributed by atoms with Crippen LogP contribution in [0.1, 0.15) is 10.4 Å². The number of halogens is 3. The monoisotopic (exact) mass is 357 g/mol. The molecule has 0 aliphatic rings. The molecule has 2 rings (SSSR count). The highest BCUT2D eigenvalue weighted by Gasteiger charge is 2.11. The summed E-state index contributed by atoms with van der Waals surface area (Å²) in [7, 11) is 1.36. The first-order chi connectivity index (χ1) is 9.51. The zero-order valence-electron chi connectivity index (χ0n) is 10.4. The van der Waals surface area contributed by atoms with Crippen molar-refractivity contribution in [2.75, 3.05) is 12.4 Å². The van der Waals surface area contributed by atoms with Crippen molar-refractivity contribution in [1.29, 1.82) is 0 Å². The second-order valence-corrected chi connectivity index (χ2v) is 5.19. The lowest BCUT2D eigenvalue weighted by molar-refractivity contribution is 0.102. The molecular formula is C14H10BrClFNO2. The first kappa shape index (κ1) is 14.8. The van der Waals surface area contributed by atoms with Gasteiger partial charge in [0.15, 0.2) is 11.6 Å². The third-order valence-corrected chi connectivity index (χ3v) is 3.81. The average molecular weight is 359 g/mol. The van der Waals surface area contributed by atoms with Gasteiger partial charge in [0, 0.05) is 15.7 Å². The zero-order valence-corrected chi connectivity index (χ0v) is 12.8. The second-order valence-electron chi connectivity index (χ2n) is 3.93. The molecule has 0 heterocycles. The number of hydrogen-bond donors (Lipinski definition) is 1. The number of hydrogen-bond acceptors (Lipinski definition) is 2. The number of rotatable bonds is 3. The van der Waals surface area contributed by atoms with Gasteiger partial charge in [-0.1, -0.05) is 11.6 Å². The minimum absolute atomic E-state index is 0.0933. The lowest BCUT2D eigenvalue weighted by Gasteiger charge is -2.08. The van der Waals surface area contributed by atoms with Gasteiger partial charge in [0.25, 0.3) is 5.91 Å². The molecule has 1 amide bonds. The summed E-state index contributed by atoms with van der Waals surface area (Å²) < 4.78 is 19.0. The van der Waals surface area contributed by atoms with E-state index < -0.39 is 11.7 Å². The summed E-state index contributed by atoms with van der Waals surface area (Å²) in [6.45, 7) is 0. The van der Waals surface area contributed by atoms with Crippen molar-refractivity contribution in [3.8, 4) is 5.75 Å². The maximum absolute atomic E-state index is 13.5. The Kier molecular flexibility index (Phi) is 4.62. The number of amides is 1. The highest BCUT2D eigenvalue weighted by molar-refractivity contribution is 9.10. The van der Waals surface area contributed by atoms with E-state index in [4.69, 9.17) is 16.3 Å². The van der Waals surface area contributed by atoms with Crippen LogP contribution in [0.4, 0.5) is 10.1 Å². The van der Waals surface area contributed by atoms with E-state index in [-0.39, 0.29) is 11.3 Å². The molecule has 2 aromatic carbocycles. The molecule has 0 radical (unpaired) electrons. The van der Waals surface area contributed by atoms with Crippen molar-refractivity contribution in [2.45, 2.75) is 0 Å². The smallest absolute Gasteiger partial charge is 0.255 e. The molecule has 0 aliphatic carbocycles.